The topological polar surface area (TPSA) is 49.3 Å². The summed E-state index contributed by atoms with van der Waals surface area (Å²) in [7, 11) is 0. The van der Waals surface area contributed by atoms with E-state index in [1.54, 1.807) is 18.2 Å². The number of rotatable bonds is 5. The second-order valence-corrected chi connectivity index (χ2v) is 5.96. The lowest BCUT2D eigenvalue weighted by Gasteiger charge is -2.17. The van der Waals surface area contributed by atoms with E-state index >= 15 is 0 Å². The van der Waals surface area contributed by atoms with Crippen LogP contribution in [0.3, 0.4) is 0 Å². The molecule has 1 atom stereocenters. The highest BCUT2D eigenvalue weighted by Gasteiger charge is 2.16. The Labute approximate surface area is 137 Å². The van der Waals surface area contributed by atoms with Gasteiger partial charge < -0.3 is 10.4 Å². The van der Waals surface area contributed by atoms with Crippen molar-refractivity contribution in [3.8, 4) is 0 Å². The number of hydrogen-bond acceptors (Lipinski definition) is 2. The third-order valence-electron chi connectivity index (χ3n) is 3.05. The van der Waals surface area contributed by atoms with Crippen LogP contribution in [0.25, 0.3) is 0 Å². The molecular weight excluding hydrogens is 354 g/mol. The molecule has 2 N–H and O–H groups in total. The summed E-state index contributed by atoms with van der Waals surface area (Å²) >= 11 is 9.24. The first-order valence-corrected chi connectivity index (χ1v) is 7.68. The highest BCUT2D eigenvalue weighted by molar-refractivity contribution is 9.10. The maximum absolute atomic E-state index is 12.3. The van der Waals surface area contributed by atoms with Gasteiger partial charge in [-0.2, -0.15) is 0 Å². The standard InChI is InChI=1S/C16H15BrClNO2/c17-15-7-6-12(18)9-14(15)16(21)19-13(10-20)8-11-4-2-1-3-5-11/h1-7,9,13,20H,8,10H2,(H,19,21)/t13-/m0/s1. The second kappa shape index (κ2) is 7.59. The van der Waals surface area contributed by atoms with Crippen molar-refractivity contribution in [3.05, 3.63) is 69.2 Å². The van der Waals surface area contributed by atoms with Gasteiger partial charge in [0.1, 0.15) is 0 Å². The number of aliphatic hydroxyl groups excluding tert-OH is 1. The van der Waals surface area contributed by atoms with Crippen molar-refractivity contribution < 1.29 is 9.90 Å². The van der Waals surface area contributed by atoms with E-state index in [0.29, 0.717) is 21.5 Å². The fourth-order valence-electron chi connectivity index (χ4n) is 1.99. The van der Waals surface area contributed by atoms with Crippen LogP contribution in [-0.4, -0.2) is 23.7 Å². The first kappa shape index (κ1) is 16.0. The molecule has 0 aliphatic rings. The molecular formula is C16H15BrClNO2. The van der Waals surface area contributed by atoms with Gasteiger partial charge in [-0.05, 0) is 46.1 Å². The van der Waals surface area contributed by atoms with Crippen LogP contribution in [-0.2, 0) is 6.42 Å². The van der Waals surface area contributed by atoms with Gasteiger partial charge in [-0.1, -0.05) is 41.9 Å². The molecule has 0 saturated carbocycles. The van der Waals surface area contributed by atoms with Crippen LogP contribution >= 0.6 is 27.5 Å². The van der Waals surface area contributed by atoms with Gasteiger partial charge in [0.15, 0.2) is 0 Å². The van der Waals surface area contributed by atoms with E-state index < -0.39 is 0 Å². The Bertz CT molecular complexity index is 619. The summed E-state index contributed by atoms with van der Waals surface area (Å²) < 4.78 is 0.667. The summed E-state index contributed by atoms with van der Waals surface area (Å²) in [6.45, 7) is -0.126. The van der Waals surface area contributed by atoms with Crippen LogP contribution in [0.15, 0.2) is 53.0 Å². The van der Waals surface area contributed by atoms with Crippen molar-refractivity contribution in [2.24, 2.45) is 0 Å². The molecule has 3 nitrogen and oxygen atoms in total. The first-order chi connectivity index (χ1) is 10.1. The Hall–Kier alpha value is -1.36. The van der Waals surface area contributed by atoms with Gasteiger partial charge >= 0.3 is 0 Å². The molecule has 1 amide bonds. The largest absolute Gasteiger partial charge is 0.394 e. The maximum Gasteiger partial charge on any atom is 0.252 e. The van der Waals surface area contributed by atoms with Crippen LogP contribution < -0.4 is 5.32 Å². The lowest BCUT2D eigenvalue weighted by atomic mass is 10.1. The van der Waals surface area contributed by atoms with Crippen molar-refractivity contribution in [1.29, 1.82) is 0 Å². The van der Waals surface area contributed by atoms with Crippen molar-refractivity contribution >= 4 is 33.4 Å². The van der Waals surface area contributed by atoms with Crippen molar-refractivity contribution in [3.63, 3.8) is 0 Å². The van der Waals surface area contributed by atoms with Crippen molar-refractivity contribution in [2.75, 3.05) is 6.61 Å². The first-order valence-electron chi connectivity index (χ1n) is 6.51. The minimum atomic E-state index is -0.342. The molecule has 0 unspecified atom stereocenters. The summed E-state index contributed by atoms with van der Waals surface area (Å²) in [5, 5.41) is 12.8. The average molecular weight is 369 g/mol. The number of benzene rings is 2. The summed E-state index contributed by atoms with van der Waals surface area (Å²) in [4.78, 5) is 12.3. The molecule has 2 rings (SSSR count). The molecule has 2 aromatic rings. The highest BCUT2D eigenvalue weighted by atomic mass is 79.9. The molecule has 21 heavy (non-hydrogen) atoms. The van der Waals surface area contributed by atoms with Gasteiger partial charge in [0.2, 0.25) is 0 Å². The Kier molecular flexibility index (Phi) is 5.79. The van der Waals surface area contributed by atoms with E-state index in [9.17, 15) is 9.90 Å². The van der Waals surface area contributed by atoms with Crippen LogP contribution in [0.2, 0.25) is 5.02 Å². The number of nitrogens with one attached hydrogen (secondary N) is 1. The SMILES string of the molecule is O=C(N[C@H](CO)Cc1ccccc1)c1cc(Cl)ccc1Br. The Morgan fingerprint density at radius 2 is 1.95 bits per heavy atom. The van der Waals surface area contributed by atoms with Crippen LogP contribution in [0, 0.1) is 0 Å². The Morgan fingerprint density at radius 3 is 2.62 bits per heavy atom. The van der Waals surface area contributed by atoms with Crippen LogP contribution in [0.5, 0.6) is 0 Å². The minimum Gasteiger partial charge on any atom is -0.394 e. The molecule has 0 fully saturated rings. The van der Waals surface area contributed by atoms with E-state index in [-0.39, 0.29) is 18.6 Å². The van der Waals surface area contributed by atoms with Crippen molar-refractivity contribution in [2.45, 2.75) is 12.5 Å². The Morgan fingerprint density at radius 1 is 1.24 bits per heavy atom. The zero-order chi connectivity index (χ0) is 15.2. The van der Waals surface area contributed by atoms with Gasteiger partial charge in [0, 0.05) is 9.50 Å². The molecule has 0 aliphatic carbocycles. The number of halogens is 2. The van der Waals surface area contributed by atoms with E-state index in [1.807, 2.05) is 30.3 Å². The predicted molar refractivity (Wildman–Crippen MR) is 87.6 cm³/mol. The molecule has 0 spiro atoms. The molecule has 110 valence electrons. The van der Waals surface area contributed by atoms with E-state index in [0.717, 1.165) is 5.56 Å². The molecule has 0 radical (unpaired) electrons. The summed E-state index contributed by atoms with van der Waals surface area (Å²) in [5.41, 5.74) is 1.51. The smallest absolute Gasteiger partial charge is 0.252 e. The molecule has 2 aromatic carbocycles. The van der Waals surface area contributed by atoms with Gasteiger partial charge in [-0.3, -0.25) is 4.79 Å². The molecule has 5 heteroatoms. The Balaban J connectivity index is 2.07. The number of carbonyl (C=O) groups excluding carboxylic acids is 1. The molecule has 0 aromatic heterocycles. The molecule has 0 aliphatic heterocycles. The zero-order valence-electron chi connectivity index (χ0n) is 11.2. The predicted octanol–water partition coefficient (Wildman–Crippen LogP) is 3.44. The molecule has 0 saturated heterocycles. The second-order valence-electron chi connectivity index (χ2n) is 4.67. The lowest BCUT2D eigenvalue weighted by Crippen LogP contribution is -2.39. The number of amides is 1. The summed E-state index contributed by atoms with van der Waals surface area (Å²) in [5.74, 6) is -0.264. The van der Waals surface area contributed by atoms with Gasteiger partial charge in [0.05, 0.1) is 18.2 Å². The average Bonchev–Trinajstić information content (AvgIpc) is 2.50. The minimum absolute atomic E-state index is 0.126. The fraction of sp³-hybridized carbons (Fsp3) is 0.188. The van der Waals surface area contributed by atoms with Crippen molar-refractivity contribution in [1.82, 2.24) is 5.32 Å². The third kappa shape index (κ3) is 4.56. The normalized spacial score (nSPS) is 12.0. The number of hydrogen-bond donors (Lipinski definition) is 2. The van der Waals surface area contributed by atoms with E-state index in [4.69, 9.17) is 11.6 Å². The maximum atomic E-state index is 12.3. The molecule has 0 heterocycles. The third-order valence-corrected chi connectivity index (χ3v) is 3.98. The van der Waals surface area contributed by atoms with Crippen LogP contribution in [0.4, 0.5) is 0 Å². The van der Waals surface area contributed by atoms with Gasteiger partial charge in [0.25, 0.3) is 5.91 Å². The summed E-state index contributed by atoms with van der Waals surface area (Å²) in [6, 6.07) is 14.4. The zero-order valence-corrected chi connectivity index (χ0v) is 13.6. The van der Waals surface area contributed by atoms with Gasteiger partial charge in [-0.25, -0.2) is 0 Å². The van der Waals surface area contributed by atoms with Crippen LogP contribution in [0.1, 0.15) is 15.9 Å². The van der Waals surface area contributed by atoms with E-state index in [2.05, 4.69) is 21.2 Å². The number of carbonyl (C=O) groups is 1. The lowest BCUT2D eigenvalue weighted by molar-refractivity contribution is 0.0915. The fourth-order valence-corrected chi connectivity index (χ4v) is 2.59. The van der Waals surface area contributed by atoms with E-state index in [1.165, 1.54) is 0 Å². The monoisotopic (exact) mass is 367 g/mol. The van der Waals surface area contributed by atoms with Gasteiger partial charge in [-0.15, -0.1) is 0 Å². The highest BCUT2D eigenvalue weighted by Crippen LogP contribution is 2.21. The molecule has 0 bridgehead atoms. The quantitative estimate of drug-likeness (QED) is 0.849. The number of aliphatic hydroxyl groups is 1. The summed E-state index contributed by atoms with van der Waals surface area (Å²) in [6.07, 6.45) is 0.571.